The highest BCUT2D eigenvalue weighted by molar-refractivity contribution is 5.78. The molecule has 0 N–H and O–H groups in total. The van der Waals surface area contributed by atoms with Crippen LogP contribution in [0.2, 0.25) is 0 Å². The molecule has 0 aromatic heterocycles. The van der Waals surface area contributed by atoms with Crippen molar-refractivity contribution in [1.29, 1.82) is 0 Å². The Hall–Kier alpha value is -1.43. The Morgan fingerprint density at radius 1 is 0.964 bits per heavy atom. The number of aryl methyl sites for hydroxylation is 1. The Bertz CT molecular complexity index is 602. The third kappa shape index (κ3) is 5.13. The maximum absolute atomic E-state index is 12.5. The van der Waals surface area contributed by atoms with E-state index in [1.165, 1.54) is 50.9 Å². The Morgan fingerprint density at radius 3 is 2.39 bits per heavy atom. The number of benzene rings is 1. The molecule has 0 bridgehead atoms. The highest BCUT2D eigenvalue weighted by atomic mass is 16.7. The van der Waals surface area contributed by atoms with Crippen LogP contribution in [0.1, 0.15) is 44.1 Å². The zero-order valence-corrected chi connectivity index (χ0v) is 17.1. The number of hydrogen-bond donors (Lipinski definition) is 0. The maximum atomic E-state index is 12.5. The molecule has 0 unspecified atom stereocenters. The predicted octanol–water partition coefficient (Wildman–Crippen LogP) is 2.96. The zero-order valence-electron chi connectivity index (χ0n) is 17.1. The van der Waals surface area contributed by atoms with E-state index in [4.69, 9.17) is 4.84 Å². The van der Waals surface area contributed by atoms with Gasteiger partial charge in [-0.05, 0) is 83.2 Å². The van der Waals surface area contributed by atoms with Gasteiger partial charge in [0.1, 0.15) is 0 Å². The number of rotatable bonds is 6. The molecular formula is C23H35N3O2. The van der Waals surface area contributed by atoms with E-state index in [2.05, 4.69) is 40.1 Å². The van der Waals surface area contributed by atoms with Gasteiger partial charge in [0.15, 0.2) is 0 Å². The van der Waals surface area contributed by atoms with E-state index >= 15 is 0 Å². The van der Waals surface area contributed by atoms with Gasteiger partial charge in [-0.15, -0.1) is 0 Å². The lowest BCUT2D eigenvalue weighted by Crippen LogP contribution is -2.49. The second-order valence-electron chi connectivity index (χ2n) is 8.60. The molecule has 4 rings (SSSR count). The van der Waals surface area contributed by atoms with E-state index in [1.807, 2.05) is 0 Å². The second-order valence-corrected chi connectivity index (χ2v) is 8.60. The molecule has 0 spiro atoms. The van der Waals surface area contributed by atoms with Crippen LogP contribution in [0.3, 0.4) is 0 Å². The summed E-state index contributed by atoms with van der Waals surface area (Å²) in [5.41, 5.74) is 1.45. The predicted molar refractivity (Wildman–Crippen MR) is 111 cm³/mol. The fraction of sp³-hybridized carbons (Fsp3) is 0.696. The Morgan fingerprint density at radius 2 is 1.71 bits per heavy atom. The molecule has 1 aromatic carbocycles. The van der Waals surface area contributed by atoms with Crippen LogP contribution < -0.4 is 0 Å². The highest BCUT2D eigenvalue weighted by Crippen LogP contribution is 2.26. The summed E-state index contributed by atoms with van der Waals surface area (Å²) in [5.74, 6) is 0.401. The lowest BCUT2D eigenvalue weighted by Gasteiger charge is -2.41. The maximum Gasteiger partial charge on any atom is 0.249 e. The number of piperidine rings is 2. The molecule has 5 heteroatoms. The molecule has 0 saturated carbocycles. The van der Waals surface area contributed by atoms with E-state index in [-0.39, 0.29) is 11.8 Å². The van der Waals surface area contributed by atoms with Gasteiger partial charge < -0.3 is 9.80 Å². The summed E-state index contributed by atoms with van der Waals surface area (Å²) in [6.45, 7) is 7.29. The third-order valence-electron chi connectivity index (χ3n) is 6.73. The van der Waals surface area contributed by atoms with E-state index in [1.54, 1.807) is 5.06 Å². The summed E-state index contributed by atoms with van der Waals surface area (Å²) in [5, 5.41) is 1.62. The first-order valence-electron chi connectivity index (χ1n) is 11.2. The average molecular weight is 386 g/mol. The van der Waals surface area contributed by atoms with Crippen molar-refractivity contribution in [3.05, 3.63) is 35.9 Å². The van der Waals surface area contributed by atoms with E-state index in [0.717, 1.165) is 38.9 Å². The smallest absolute Gasteiger partial charge is 0.249 e. The quantitative estimate of drug-likeness (QED) is 0.754. The first-order chi connectivity index (χ1) is 13.8. The normalized spacial score (nSPS) is 23.4. The van der Waals surface area contributed by atoms with Gasteiger partial charge in [-0.3, -0.25) is 9.63 Å². The lowest BCUT2D eigenvalue weighted by molar-refractivity contribution is -0.175. The molecule has 3 fully saturated rings. The molecule has 3 heterocycles. The van der Waals surface area contributed by atoms with Gasteiger partial charge in [0, 0.05) is 12.0 Å². The lowest BCUT2D eigenvalue weighted by atomic mass is 9.92. The topological polar surface area (TPSA) is 36.0 Å². The summed E-state index contributed by atoms with van der Waals surface area (Å²) < 4.78 is 0. The second kappa shape index (κ2) is 9.86. The average Bonchev–Trinajstić information content (AvgIpc) is 3.30. The molecule has 154 valence electrons. The Labute approximate surface area is 169 Å². The van der Waals surface area contributed by atoms with Crippen molar-refractivity contribution in [2.75, 3.05) is 45.9 Å². The van der Waals surface area contributed by atoms with Crippen LogP contribution in [-0.2, 0) is 16.1 Å². The molecule has 28 heavy (non-hydrogen) atoms. The van der Waals surface area contributed by atoms with E-state index in [0.29, 0.717) is 12.6 Å². The van der Waals surface area contributed by atoms with Crippen LogP contribution in [-0.4, -0.2) is 72.7 Å². The number of nitrogens with zero attached hydrogens (tertiary/aromatic N) is 3. The minimum absolute atomic E-state index is 0.174. The minimum Gasteiger partial charge on any atom is -0.303 e. The summed E-state index contributed by atoms with van der Waals surface area (Å²) in [6, 6.07) is 11.5. The Balaban J connectivity index is 1.13. The molecule has 0 atom stereocenters. The van der Waals surface area contributed by atoms with Gasteiger partial charge in [0.2, 0.25) is 5.91 Å². The number of hydrogen-bond acceptors (Lipinski definition) is 4. The van der Waals surface area contributed by atoms with Crippen molar-refractivity contribution >= 4 is 5.91 Å². The van der Waals surface area contributed by atoms with Crippen LogP contribution in [0.25, 0.3) is 0 Å². The van der Waals surface area contributed by atoms with Crippen molar-refractivity contribution in [1.82, 2.24) is 14.9 Å². The molecule has 3 saturated heterocycles. The van der Waals surface area contributed by atoms with Crippen LogP contribution in [0, 0.1) is 5.92 Å². The standard InChI is InChI=1S/C23H35N3O2/c27-23(26-14-5-19-28-26)21-9-17-25(18-10-21)22-11-15-24(16-12-22)13-4-8-20-6-2-1-3-7-20/h1-3,6-7,21-22H,4-5,8-19H2. The van der Waals surface area contributed by atoms with Crippen molar-refractivity contribution in [3.8, 4) is 0 Å². The summed E-state index contributed by atoms with van der Waals surface area (Å²) in [6.07, 6.45) is 7.96. The van der Waals surface area contributed by atoms with Crippen LogP contribution >= 0.6 is 0 Å². The minimum atomic E-state index is 0.174. The highest BCUT2D eigenvalue weighted by Gasteiger charge is 2.33. The molecule has 3 aliphatic rings. The van der Waals surface area contributed by atoms with Crippen molar-refractivity contribution in [3.63, 3.8) is 0 Å². The van der Waals surface area contributed by atoms with E-state index < -0.39 is 0 Å². The SMILES string of the molecule is O=C(C1CCN(C2CCN(CCCc3ccccc3)CC2)CC1)N1CCCO1. The van der Waals surface area contributed by atoms with Crippen molar-refractivity contribution in [2.45, 2.75) is 51.0 Å². The van der Waals surface area contributed by atoms with Gasteiger partial charge in [-0.25, -0.2) is 5.06 Å². The molecule has 1 aromatic rings. The molecule has 0 radical (unpaired) electrons. The van der Waals surface area contributed by atoms with Gasteiger partial charge in [0.05, 0.1) is 13.2 Å². The van der Waals surface area contributed by atoms with Crippen LogP contribution in [0.4, 0.5) is 0 Å². The zero-order chi connectivity index (χ0) is 19.2. The summed E-state index contributed by atoms with van der Waals surface area (Å²) in [7, 11) is 0. The fourth-order valence-electron chi connectivity index (χ4n) is 5.00. The molecular weight excluding hydrogens is 350 g/mol. The fourth-order valence-corrected chi connectivity index (χ4v) is 5.00. The van der Waals surface area contributed by atoms with Gasteiger partial charge >= 0.3 is 0 Å². The number of hydroxylamine groups is 2. The summed E-state index contributed by atoms with van der Waals surface area (Å²) in [4.78, 5) is 23.2. The first kappa shape index (κ1) is 19.9. The largest absolute Gasteiger partial charge is 0.303 e. The number of carbonyl (C=O) groups excluding carboxylic acids is 1. The van der Waals surface area contributed by atoms with Crippen LogP contribution in [0.15, 0.2) is 30.3 Å². The van der Waals surface area contributed by atoms with Crippen molar-refractivity contribution < 1.29 is 9.63 Å². The molecule has 3 aliphatic heterocycles. The number of carbonyl (C=O) groups is 1. The van der Waals surface area contributed by atoms with Crippen LogP contribution in [0.5, 0.6) is 0 Å². The van der Waals surface area contributed by atoms with Gasteiger partial charge in [-0.2, -0.15) is 0 Å². The summed E-state index contributed by atoms with van der Waals surface area (Å²) >= 11 is 0. The van der Waals surface area contributed by atoms with Crippen molar-refractivity contribution in [2.24, 2.45) is 5.92 Å². The number of amides is 1. The molecule has 5 nitrogen and oxygen atoms in total. The molecule has 1 amide bonds. The Kier molecular flexibility index (Phi) is 7.00. The third-order valence-corrected chi connectivity index (χ3v) is 6.73. The van der Waals surface area contributed by atoms with E-state index in [9.17, 15) is 4.79 Å². The monoisotopic (exact) mass is 385 g/mol. The number of likely N-dealkylation sites (tertiary alicyclic amines) is 2. The molecule has 0 aliphatic carbocycles. The van der Waals surface area contributed by atoms with Gasteiger partial charge in [-0.1, -0.05) is 30.3 Å². The first-order valence-corrected chi connectivity index (χ1v) is 11.2. The van der Waals surface area contributed by atoms with Gasteiger partial charge in [0.25, 0.3) is 0 Å².